The fourth-order valence-electron chi connectivity index (χ4n) is 2.63. The molecule has 1 aromatic heterocycles. The number of hydrogen-bond donors (Lipinski definition) is 2. The highest BCUT2D eigenvalue weighted by Crippen LogP contribution is 2.44. The summed E-state index contributed by atoms with van der Waals surface area (Å²) < 4.78 is 51.6. The van der Waals surface area contributed by atoms with Gasteiger partial charge in [-0.15, -0.1) is 0 Å². The third kappa shape index (κ3) is 2.40. The number of hydrogen-bond acceptors (Lipinski definition) is 3. The molecule has 3 rings (SSSR count). The highest BCUT2D eigenvalue weighted by molar-refractivity contribution is 5.22. The van der Waals surface area contributed by atoms with Gasteiger partial charge in [0.05, 0.1) is 0 Å². The van der Waals surface area contributed by atoms with Gasteiger partial charge in [0.2, 0.25) is 0 Å². The van der Waals surface area contributed by atoms with Gasteiger partial charge in [-0.1, -0.05) is 0 Å². The maximum atomic E-state index is 13.8. The summed E-state index contributed by atoms with van der Waals surface area (Å²) in [5, 5.41) is 6.41. The van der Waals surface area contributed by atoms with Crippen molar-refractivity contribution in [3.8, 4) is 0 Å². The van der Waals surface area contributed by atoms with Gasteiger partial charge in [0.1, 0.15) is 0 Å². The molecule has 0 radical (unpaired) electrons. The van der Waals surface area contributed by atoms with Crippen LogP contribution >= 0.6 is 0 Å². The highest BCUT2D eigenvalue weighted by Gasteiger charge is 2.50. The number of alkyl halides is 3. The van der Waals surface area contributed by atoms with Gasteiger partial charge in [0, 0.05) is 42.9 Å². The van der Waals surface area contributed by atoms with E-state index in [1.54, 1.807) is 0 Å². The molecular formula is C13H15F4N3. The smallest absolute Gasteiger partial charge is 0.316 e. The first kappa shape index (κ1) is 13.8. The molecule has 1 aliphatic carbocycles. The molecule has 0 atom stereocenters. The van der Waals surface area contributed by atoms with Gasteiger partial charge in [-0.3, -0.25) is 0 Å². The molecule has 0 spiro atoms. The fourth-order valence-corrected chi connectivity index (χ4v) is 2.63. The SMILES string of the molecule is Fc1c(CNC2(C3CNC3)CC2)ccnc1C(F)(F)F. The van der Waals surface area contributed by atoms with Crippen molar-refractivity contribution in [2.75, 3.05) is 13.1 Å². The standard InChI is InChI=1S/C13H15F4N3/c14-10-8(1-4-19-11(10)13(15,16)17)5-20-12(2-3-12)9-6-18-7-9/h1,4,9,18,20H,2-3,5-7H2. The van der Waals surface area contributed by atoms with E-state index in [2.05, 4.69) is 15.6 Å². The molecule has 0 aromatic carbocycles. The van der Waals surface area contributed by atoms with Crippen molar-refractivity contribution >= 4 is 0 Å². The number of rotatable bonds is 4. The minimum Gasteiger partial charge on any atom is -0.316 e. The van der Waals surface area contributed by atoms with E-state index in [1.807, 2.05) is 0 Å². The highest BCUT2D eigenvalue weighted by atomic mass is 19.4. The van der Waals surface area contributed by atoms with Crippen LogP contribution in [0.5, 0.6) is 0 Å². The Labute approximate surface area is 113 Å². The molecule has 1 aliphatic heterocycles. The third-order valence-corrected chi connectivity index (χ3v) is 4.22. The van der Waals surface area contributed by atoms with Gasteiger partial charge in [0.15, 0.2) is 11.5 Å². The normalized spacial score (nSPS) is 21.6. The van der Waals surface area contributed by atoms with Gasteiger partial charge in [-0.2, -0.15) is 13.2 Å². The second-order valence-corrected chi connectivity index (χ2v) is 5.50. The lowest BCUT2D eigenvalue weighted by atomic mass is 9.91. The van der Waals surface area contributed by atoms with Crippen molar-refractivity contribution in [3.63, 3.8) is 0 Å². The number of halogens is 4. The van der Waals surface area contributed by atoms with Crippen molar-refractivity contribution in [2.45, 2.75) is 31.1 Å². The summed E-state index contributed by atoms with van der Waals surface area (Å²) >= 11 is 0. The van der Waals surface area contributed by atoms with Gasteiger partial charge >= 0.3 is 6.18 Å². The summed E-state index contributed by atoms with van der Waals surface area (Å²) in [6, 6.07) is 1.30. The maximum Gasteiger partial charge on any atom is 0.436 e. The van der Waals surface area contributed by atoms with Crippen LogP contribution in [0.4, 0.5) is 17.6 Å². The maximum absolute atomic E-state index is 13.8. The van der Waals surface area contributed by atoms with Crippen molar-refractivity contribution < 1.29 is 17.6 Å². The molecule has 2 aliphatic rings. The van der Waals surface area contributed by atoms with Crippen molar-refractivity contribution in [1.29, 1.82) is 0 Å². The molecule has 0 unspecified atom stereocenters. The minimum absolute atomic E-state index is 0.0145. The molecule has 3 nitrogen and oxygen atoms in total. The van der Waals surface area contributed by atoms with Crippen LogP contribution in [0.15, 0.2) is 12.3 Å². The van der Waals surface area contributed by atoms with E-state index in [-0.39, 0.29) is 17.6 Å². The van der Waals surface area contributed by atoms with E-state index in [1.165, 1.54) is 6.07 Å². The van der Waals surface area contributed by atoms with Gasteiger partial charge < -0.3 is 10.6 Å². The predicted octanol–water partition coefficient (Wildman–Crippen LogP) is 2.08. The Hall–Kier alpha value is -1.21. The Bertz CT molecular complexity index is 507. The zero-order valence-corrected chi connectivity index (χ0v) is 10.7. The summed E-state index contributed by atoms with van der Waals surface area (Å²) in [6.45, 7) is 1.94. The average molecular weight is 289 g/mol. The summed E-state index contributed by atoms with van der Waals surface area (Å²) in [4.78, 5) is 3.09. The monoisotopic (exact) mass is 289 g/mol. The lowest BCUT2D eigenvalue weighted by Crippen LogP contribution is -2.55. The van der Waals surface area contributed by atoms with E-state index >= 15 is 0 Å². The molecule has 2 fully saturated rings. The number of nitrogens with one attached hydrogen (secondary N) is 2. The van der Waals surface area contributed by atoms with E-state index < -0.39 is 17.7 Å². The zero-order chi connectivity index (χ0) is 14.4. The molecule has 2 N–H and O–H groups in total. The zero-order valence-electron chi connectivity index (χ0n) is 10.7. The number of aromatic nitrogens is 1. The van der Waals surface area contributed by atoms with Crippen LogP contribution in [-0.4, -0.2) is 23.6 Å². The first-order chi connectivity index (χ1) is 9.42. The van der Waals surface area contributed by atoms with E-state index in [0.29, 0.717) is 5.92 Å². The first-order valence-electron chi connectivity index (χ1n) is 6.59. The summed E-state index contributed by atoms with van der Waals surface area (Å²) in [5.41, 5.74) is -1.43. The Balaban J connectivity index is 1.72. The largest absolute Gasteiger partial charge is 0.436 e. The average Bonchev–Trinajstić information content (AvgIpc) is 3.04. The molecule has 1 saturated carbocycles. The molecule has 110 valence electrons. The quantitative estimate of drug-likeness (QED) is 0.833. The van der Waals surface area contributed by atoms with Crippen LogP contribution in [0.25, 0.3) is 0 Å². The predicted molar refractivity (Wildman–Crippen MR) is 64.4 cm³/mol. The van der Waals surface area contributed by atoms with Crippen LogP contribution in [0.1, 0.15) is 24.1 Å². The molecule has 1 saturated heterocycles. The van der Waals surface area contributed by atoms with Crippen LogP contribution in [0.3, 0.4) is 0 Å². The molecule has 20 heavy (non-hydrogen) atoms. The fraction of sp³-hybridized carbons (Fsp3) is 0.615. The van der Waals surface area contributed by atoms with Crippen LogP contribution in [0.2, 0.25) is 0 Å². The topological polar surface area (TPSA) is 37.0 Å². The summed E-state index contributed by atoms with van der Waals surface area (Å²) in [5.74, 6) is -0.774. The van der Waals surface area contributed by atoms with Crippen LogP contribution < -0.4 is 10.6 Å². The second-order valence-electron chi connectivity index (χ2n) is 5.50. The molecule has 0 amide bonds. The number of nitrogens with zero attached hydrogens (tertiary/aromatic N) is 1. The Morgan fingerprint density at radius 1 is 1.35 bits per heavy atom. The van der Waals surface area contributed by atoms with E-state index in [0.717, 1.165) is 32.1 Å². The molecule has 2 heterocycles. The lowest BCUT2D eigenvalue weighted by Gasteiger charge is -2.36. The van der Waals surface area contributed by atoms with E-state index in [9.17, 15) is 17.6 Å². The molecule has 7 heteroatoms. The van der Waals surface area contributed by atoms with E-state index in [4.69, 9.17) is 0 Å². The third-order valence-electron chi connectivity index (χ3n) is 4.22. The van der Waals surface area contributed by atoms with Crippen LogP contribution in [0, 0.1) is 11.7 Å². The Morgan fingerprint density at radius 2 is 2.05 bits per heavy atom. The molecule has 1 aromatic rings. The first-order valence-corrected chi connectivity index (χ1v) is 6.59. The van der Waals surface area contributed by atoms with Gasteiger partial charge in [-0.25, -0.2) is 9.37 Å². The Morgan fingerprint density at radius 3 is 2.55 bits per heavy atom. The summed E-state index contributed by atoms with van der Waals surface area (Å²) in [7, 11) is 0. The van der Waals surface area contributed by atoms with Gasteiger partial charge in [-0.05, 0) is 18.9 Å². The lowest BCUT2D eigenvalue weighted by molar-refractivity contribution is -0.143. The number of pyridine rings is 1. The van der Waals surface area contributed by atoms with Crippen molar-refractivity contribution in [2.24, 2.45) is 5.92 Å². The molecule has 0 bridgehead atoms. The summed E-state index contributed by atoms with van der Waals surface area (Å²) in [6.07, 6.45) is -1.75. The minimum atomic E-state index is -4.75. The Kier molecular flexibility index (Phi) is 3.21. The van der Waals surface area contributed by atoms with Crippen molar-refractivity contribution in [3.05, 3.63) is 29.3 Å². The van der Waals surface area contributed by atoms with Gasteiger partial charge in [0.25, 0.3) is 0 Å². The molecular weight excluding hydrogens is 274 g/mol. The van der Waals surface area contributed by atoms with Crippen molar-refractivity contribution in [1.82, 2.24) is 15.6 Å². The van der Waals surface area contributed by atoms with Crippen LogP contribution in [-0.2, 0) is 12.7 Å². The second kappa shape index (κ2) is 4.66.